The number of hydrogen-bond donors (Lipinski definition) is 0. The molecule has 1 heterocycles. The van der Waals surface area contributed by atoms with E-state index in [1.54, 1.807) is 0 Å². The third-order valence-corrected chi connectivity index (χ3v) is 2.20. The normalized spacial score (nSPS) is 29.7. The minimum atomic E-state index is 0.983. The van der Waals surface area contributed by atoms with Gasteiger partial charge in [0.1, 0.15) is 0 Å². The molecule has 0 aromatic rings. The molecule has 1 unspecified atom stereocenters. The summed E-state index contributed by atoms with van der Waals surface area (Å²) < 4.78 is 0. The molecule has 1 fully saturated rings. The molecular formula is C8H16N. The molecule has 0 amide bonds. The van der Waals surface area contributed by atoms with Gasteiger partial charge in [-0.1, -0.05) is 13.3 Å². The van der Waals surface area contributed by atoms with E-state index in [1.165, 1.54) is 25.7 Å². The Hall–Kier alpha value is -0.0400. The van der Waals surface area contributed by atoms with Crippen molar-refractivity contribution >= 4 is 0 Å². The van der Waals surface area contributed by atoms with Crippen LogP contribution in [-0.4, -0.2) is 13.1 Å². The average molecular weight is 126 g/mol. The standard InChI is InChI=1S/C8H16N/c1-2-8-4-3-6-9-7-5-8/h8H,2-7H2,1H3. The molecule has 1 aliphatic rings. The van der Waals surface area contributed by atoms with Crippen LogP contribution in [-0.2, 0) is 0 Å². The predicted molar refractivity (Wildman–Crippen MR) is 39.5 cm³/mol. The maximum absolute atomic E-state index is 4.37. The van der Waals surface area contributed by atoms with Crippen molar-refractivity contribution < 1.29 is 0 Å². The van der Waals surface area contributed by atoms with Crippen molar-refractivity contribution in [1.29, 1.82) is 0 Å². The van der Waals surface area contributed by atoms with Gasteiger partial charge in [0.25, 0.3) is 0 Å². The summed E-state index contributed by atoms with van der Waals surface area (Å²) >= 11 is 0. The lowest BCUT2D eigenvalue weighted by atomic mass is 9.98. The molecule has 1 rings (SSSR count). The molecule has 0 aromatic heterocycles. The SMILES string of the molecule is CCC1CCC[N]CC1. The maximum Gasteiger partial charge on any atom is 0.0136 e. The van der Waals surface area contributed by atoms with E-state index in [-0.39, 0.29) is 0 Å². The van der Waals surface area contributed by atoms with Crippen molar-refractivity contribution in [3.63, 3.8) is 0 Å². The minimum Gasteiger partial charge on any atom is -0.242 e. The molecule has 0 spiro atoms. The Balaban J connectivity index is 2.18. The van der Waals surface area contributed by atoms with Crippen molar-refractivity contribution in [2.24, 2.45) is 5.92 Å². The Bertz CT molecular complexity index is 63.0. The van der Waals surface area contributed by atoms with Gasteiger partial charge in [-0.3, -0.25) is 0 Å². The Morgan fingerprint density at radius 2 is 2.22 bits per heavy atom. The first-order valence-corrected chi connectivity index (χ1v) is 4.06. The second-order valence-electron chi connectivity index (χ2n) is 2.88. The highest BCUT2D eigenvalue weighted by Crippen LogP contribution is 2.16. The van der Waals surface area contributed by atoms with E-state index in [0.29, 0.717) is 0 Å². The van der Waals surface area contributed by atoms with E-state index in [1.807, 2.05) is 0 Å². The van der Waals surface area contributed by atoms with Gasteiger partial charge in [-0.05, 0) is 25.2 Å². The largest absolute Gasteiger partial charge is 0.242 e. The molecule has 53 valence electrons. The van der Waals surface area contributed by atoms with E-state index in [9.17, 15) is 0 Å². The summed E-state index contributed by atoms with van der Waals surface area (Å²) in [6.45, 7) is 4.53. The summed E-state index contributed by atoms with van der Waals surface area (Å²) in [5.41, 5.74) is 0. The van der Waals surface area contributed by atoms with Gasteiger partial charge in [-0.25, -0.2) is 5.32 Å². The lowest BCUT2D eigenvalue weighted by Crippen LogP contribution is -2.05. The summed E-state index contributed by atoms with van der Waals surface area (Å²) in [7, 11) is 0. The van der Waals surface area contributed by atoms with Crippen LogP contribution in [0.1, 0.15) is 32.6 Å². The van der Waals surface area contributed by atoms with Crippen molar-refractivity contribution in [2.75, 3.05) is 13.1 Å². The third-order valence-electron chi connectivity index (χ3n) is 2.20. The fourth-order valence-electron chi connectivity index (χ4n) is 1.43. The minimum absolute atomic E-state index is 0.983. The first kappa shape index (κ1) is 7.07. The molecule has 0 saturated carbocycles. The second-order valence-corrected chi connectivity index (χ2v) is 2.88. The lowest BCUT2D eigenvalue weighted by molar-refractivity contribution is 0.458. The Kier molecular flexibility index (Phi) is 3.05. The summed E-state index contributed by atoms with van der Waals surface area (Å²) in [6.07, 6.45) is 5.45. The zero-order chi connectivity index (χ0) is 6.53. The van der Waals surface area contributed by atoms with Crippen LogP contribution in [0.15, 0.2) is 0 Å². The third kappa shape index (κ3) is 2.35. The van der Waals surface area contributed by atoms with Gasteiger partial charge in [0.15, 0.2) is 0 Å². The Morgan fingerprint density at radius 1 is 1.33 bits per heavy atom. The first-order valence-electron chi connectivity index (χ1n) is 4.06. The second kappa shape index (κ2) is 3.89. The van der Waals surface area contributed by atoms with Crippen LogP contribution in [0.3, 0.4) is 0 Å². The van der Waals surface area contributed by atoms with Gasteiger partial charge in [0.2, 0.25) is 0 Å². The number of rotatable bonds is 1. The monoisotopic (exact) mass is 126 g/mol. The van der Waals surface area contributed by atoms with Crippen LogP contribution < -0.4 is 5.32 Å². The lowest BCUT2D eigenvalue weighted by Gasteiger charge is -2.07. The van der Waals surface area contributed by atoms with Crippen molar-refractivity contribution in [3.8, 4) is 0 Å². The first-order chi connectivity index (χ1) is 4.43. The average Bonchev–Trinajstić information content (AvgIpc) is 2.13. The highest BCUT2D eigenvalue weighted by Gasteiger charge is 2.08. The van der Waals surface area contributed by atoms with Crippen LogP contribution in [0.25, 0.3) is 0 Å². The smallest absolute Gasteiger partial charge is 0.0136 e. The fourth-order valence-corrected chi connectivity index (χ4v) is 1.43. The summed E-state index contributed by atoms with van der Waals surface area (Å²) in [6, 6.07) is 0. The Labute approximate surface area is 57.8 Å². The number of hydrogen-bond acceptors (Lipinski definition) is 0. The van der Waals surface area contributed by atoms with E-state index in [4.69, 9.17) is 0 Å². The molecule has 1 atom stereocenters. The van der Waals surface area contributed by atoms with Gasteiger partial charge in [-0.15, -0.1) is 0 Å². The van der Waals surface area contributed by atoms with Gasteiger partial charge in [0, 0.05) is 13.1 Å². The molecular weight excluding hydrogens is 110 g/mol. The quantitative estimate of drug-likeness (QED) is 0.508. The topological polar surface area (TPSA) is 14.1 Å². The van der Waals surface area contributed by atoms with Gasteiger partial charge < -0.3 is 0 Å². The van der Waals surface area contributed by atoms with Gasteiger partial charge in [-0.2, -0.15) is 0 Å². The molecule has 1 heteroatoms. The molecule has 1 nitrogen and oxygen atoms in total. The van der Waals surface area contributed by atoms with Crippen molar-refractivity contribution in [1.82, 2.24) is 5.32 Å². The molecule has 0 aliphatic carbocycles. The molecule has 0 bridgehead atoms. The highest BCUT2D eigenvalue weighted by atomic mass is 14.8. The van der Waals surface area contributed by atoms with E-state index in [2.05, 4.69) is 12.2 Å². The molecule has 0 aromatic carbocycles. The fraction of sp³-hybridized carbons (Fsp3) is 1.00. The van der Waals surface area contributed by atoms with Crippen molar-refractivity contribution in [3.05, 3.63) is 0 Å². The van der Waals surface area contributed by atoms with Gasteiger partial charge in [0.05, 0.1) is 0 Å². The van der Waals surface area contributed by atoms with E-state index in [0.717, 1.165) is 19.0 Å². The number of nitrogens with zero attached hydrogens (tertiary/aromatic N) is 1. The summed E-state index contributed by atoms with van der Waals surface area (Å²) in [5, 5.41) is 4.37. The zero-order valence-corrected chi connectivity index (χ0v) is 6.27. The highest BCUT2D eigenvalue weighted by molar-refractivity contribution is 4.64. The van der Waals surface area contributed by atoms with Crippen LogP contribution >= 0.6 is 0 Å². The molecule has 1 aliphatic heterocycles. The maximum atomic E-state index is 4.37. The predicted octanol–water partition coefficient (Wildman–Crippen LogP) is 1.80. The molecule has 1 radical (unpaired) electrons. The summed E-state index contributed by atoms with van der Waals surface area (Å²) in [5.74, 6) is 0.983. The Morgan fingerprint density at radius 3 is 3.00 bits per heavy atom. The van der Waals surface area contributed by atoms with Crippen LogP contribution in [0.5, 0.6) is 0 Å². The van der Waals surface area contributed by atoms with Crippen LogP contribution in [0, 0.1) is 5.92 Å². The van der Waals surface area contributed by atoms with Crippen molar-refractivity contribution in [2.45, 2.75) is 32.6 Å². The zero-order valence-electron chi connectivity index (χ0n) is 6.27. The molecule has 0 N–H and O–H groups in total. The summed E-state index contributed by atoms with van der Waals surface area (Å²) in [4.78, 5) is 0. The van der Waals surface area contributed by atoms with E-state index < -0.39 is 0 Å². The molecule has 9 heavy (non-hydrogen) atoms. The van der Waals surface area contributed by atoms with E-state index >= 15 is 0 Å². The van der Waals surface area contributed by atoms with Gasteiger partial charge >= 0.3 is 0 Å². The molecule has 1 saturated heterocycles. The van der Waals surface area contributed by atoms with Crippen LogP contribution in [0.2, 0.25) is 0 Å². The van der Waals surface area contributed by atoms with Crippen LogP contribution in [0.4, 0.5) is 0 Å².